The highest BCUT2D eigenvalue weighted by Crippen LogP contribution is 2.36. The Hall–Kier alpha value is -3.87. The molecule has 0 aliphatic carbocycles. The van der Waals surface area contributed by atoms with Crippen LogP contribution in [0, 0.1) is 18.3 Å². The van der Waals surface area contributed by atoms with E-state index in [-0.39, 0.29) is 29.5 Å². The van der Waals surface area contributed by atoms with Crippen LogP contribution >= 0.6 is 22.9 Å². The van der Waals surface area contributed by atoms with Gasteiger partial charge in [-0.05, 0) is 50.1 Å². The molecule has 10 heteroatoms. The van der Waals surface area contributed by atoms with Crippen molar-refractivity contribution < 1.29 is 19.0 Å². The smallest absolute Gasteiger partial charge is 0.338 e. The molecule has 0 spiro atoms. The van der Waals surface area contributed by atoms with Crippen LogP contribution < -0.4 is 24.4 Å². The fourth-order valence-corrected chi connectivity index (χ4v) is 5.39. The fraction of sp³-hybridized carbons (Fsp3) is 0.259. The Morgan fingerprint density at radius 3 is 2.65 bits per heavy atom. The lowest BCUT2D eigenvalue weighted by atomic mass is 9.95. The quantitative estimate of drug-likeness (QED) is 0.426. The second-order valence-corrected chi connectivity index (χ2v) is 9.61. The second kappa shape index (κ2) is 11.0. The van der Waals surface area contributed by atoms with Crippen LogP contribution in [0.1, 0.15) is 36.6 Å². The van der Waals surface area contributed by atoms with Gasteiger partial charge in [0.15, 0.2) is 22.9 Å². The number of ether oxygens (including phenoxy) is 3. The van der Waals surface area contributed by atoms with Crippen molar-refractivity contribution in [2.75, 3.05) is 20.3 Å². The third-order valence-corrected chi connectivity index (χ3v) is 7.00. The molecule has 1 atom stereocenters. The van der Waals surface area contributed by atoms with Crippen LogP contribution in [0.2, 0.25) is 5.02 Å². The van der Waals surface area contributed by atoms with E-state index in [1.165, 1.54) is 23.0 Å². The first-order valence-electron chi connectivity index (χ1n) is 11.4. The monoisotopic (exact) mass is 537 g/mol. The molecule has 0 saturated heterocycles. The van der Waals surface area contributed by atoms with Gasteiger partial charge >= 0.3 is 5.97 Å². The Kier molecular flexibility index (Phi) is 7.81. The summed E-state index contributed by atoms with van der Waals surface area (Å²) in [7, 11) is 1.46. The highest BCUT2D eigenvalue weighted by molar-refractivity contribution is 7.07. The zero-order valence-corrected chi connectivity index (χ0v) is 22.3. The molecule has 2 aromatic carbocycles. The largest absolute Gasteiger partial charge is 0.493 e. The first-order chi connectivity index (χ1) is 17.8. The van der Waals surface area contributed by atoms with Crippen molar-refractivity contribution in [2.45, 2.75) is 26.8 Å². The highest BCUT2D eigenvalue weighted by Gasteiger charge is 2.33. The predicted molar refractivity (Wildman–Crippen MR) is 141 cm³/mol. The van der Waals surface area contributed by atoms with E-state index in [9.17, 15) is 9.59 Å². The molecule has 2 heterocycles. The molecule has 1 aliphatic heterocycles. The molecule has 190 valence electrons. The summed E-state index contributed by atoms with van der Waals surface area (Å²) in [6.45, 7) is 5.47. The maximum atomic E-state index is 13.7. The lowest BCUT2D eigenvalue weighted by Crippen LogP contribution is -2.39. The standard InChI is InChI=1S/C27H24ClN3O5S/c1-5-35-26(33)22-16(3)30-27-31(23(22)18-8-6-15(2)7-9-18)25(32)21(37-27)14-17-12-19(28)24(36-11-10-29)20(13-17)34-4/h6-9,12-14,23H,5,11H2,1-4H3/b21-14+/t23-/m0/s1. The predicted octanol–water partition coefficient (Wildman–Crippen LogP) is 3.67. The molecule has 0 N–H and O–H groups in total. The fourth-order valence-electron chi connectivity index (χ4n) is 4.07. The summed E-state index contributed by atoms with van der Waals surface area (Å²) in [5.41, 5.74) is 2.96. The molecular formula is C27H24ClN3O5S. The minimum atomic E-state index is -0.682. The number of thiazole rings is 1. The first-order valence-corrected chi connectivity index (χ1v) is 12.6. The molecule has 3 aromatic rings. The van der Waals surface area contributed by atoms with Crippen molar-refractivity contribution >= 4 is 35.0 Å². The molecule has 0 radical (unpaired) electrons. The first kappa shape index (κ1) is 26.2. The Bertz CT molecular complexity index is 1610. The molecule has 0 fully saturated rings. The zero-order valence-electron chi connectivity index (χ0n) is 20.7. The summed E-state index contributed by atoms with van der Waals surface area (Å²) in [6.07, 6.45) is 1.68. The van der Waals surface area contributed by atoms with Crippen LogP contribution in [-0.2, 0) is 9.53 Å². The lowest BCUT2D eigenvalue weighted by Gasteiger charge is -2.24. The van der Waals surface area contributed by atoms with Crippen LogP contribution in [0.15, 0.2) is 57.5 Å². The van der Waals surface area contributed by atoms with Gasteiger partial charge in [-0.25, -0.2) is 9.79 Å². The SMILES string of the molecule is CCOC(=O)C1=C(C)N=c2s/c(=C/c3cc(Cl)c(OCC#N)c(OC)c3)c(=O)n2[C@H]1c1ccc(C)cc1. The summed E-state index contributed by atoms with van der Waals surface area (Å²) >= 11 is 7.59. The van der Waals surface area contributed by atoms with Crippen LogP contribution in [-0.4, -0.2) is 30.9 Å². The number of carbonyl (C=O) groups is 1. The number of aryl methyl sites for hydroxylation is 1. The maximum Gasteiger partial charge on any atom is 0.338 e. The molecule has 0 unspecified atom stereocenters. The van der Waals surface area contributed by atoms with Gasteiger partial charge in [0, 0.05) is 0 Å². The Balaban J connectivity index is 1.90. The van der Waals surface area contributed by atoms with Crippen molar-refractivity contribution in [1.29, 1.82) is 5.26 Å². The third-order valence-electron chi connectivity index (χ3n) is 5.74. The number of hydrogen-bond donors (Lipinski definition) is 0. The van der Waals surface area contributed by atoms with Crippen LogP contribution in [0.5, 0.6) is 11.5 Å². The topological polar surface area (TPSA) is 103 Å². The van der Waals surface area contributed by atoms with Crippen molar-refractivity contribution in [2.24, 2.45) is 4.99 Å². The number of allylic oxidation sites excluding steroid dienone is 1. The van der Waals surface area contributed by atoms with Gasteiger partial charge in [-0.15, -0.1) is 0 Å². The van der Waals surface area contributed by atoms with E-state index < -0.39 is 12.0 Å². The number of nitriles is 1. The van der Waals surface area contributed by atoms with E-state index in [0.717, 1.165) is 11.1 Å². The molecular weight excluding hydrogens is 514 g/mol. The molecule has 37 heavy (non-hydrogen) atoms. The number of esters is 1. The average molecular weight is 538 g/mol. The van der Waals surface area contributed by atoms with E-state index in [1.54, 1.807) is 32.1 Å². The molecule has 0 amide bonds. The molecule has 0 saturated carbocycles. The number of methoxy groups -OCH3 is 1. The van der Waals surface area contributed by atoms with Gasteiger partial charge in [-0.1, -0.05) is 52.8 Å². The molecule has 4 rings (SSSR count). The average Bonchev–Trinajstić information content (AvgIpc) is 3.17. The summed E-state index contributed by atoms with van der Waals surface area (Å²) in [6, 6.07) is 12.2. The van der Waals surface area contributed by atoms with Crippen LogP contribution in [0.4, 0.5) is 0 Å². The normalized spacial score (nSPS) is 15.0. The van der Waals surface area contributed by atoms with Crippen molar-refractivity contribution in [3.8, 4) is 17.6 Å². The van der Waals surface area contributed by atoms with Crippen LogP contribution in [0.3, 0.4) is 0 Å². The molecule has 8 nitrogen and oxygen atoms in total. The summed E-state index contributed by atoms with van der Waals surface area (Å²) in [4.78, 5) is 31.8. The van der Waals surface area contributed by atoms with Crippen molar-refractivity contribution in [3.63, 3.8) is 0 Å². The van der Waals surface area contributed by atoms with Gasteiger partial charge in [-0.3, -0.25) is 9.36 Å². The zero-order chi connectivity index (χ0) is 26.7. The summed E-state index contributed by atoms with van der Waals surface area (Å²) in [5.74, 6) is 0.0752. The molecule has 0 bridgehead atoms. The summed E-state index contributed by atoms with van der Waals surface area (Å²) in [5, 5.41) is 9.06. The number of hydrogen-bond acceptors (Lipinski definition) is 8. The van der Waals surface area contributed by atoms with Gasteiger partial charge in [0.05, 0.1) is 40.6 Å². The summed E-state index contributed by atoms with van der Waals surface area (Å²) < 4.78 is 18.0. The van der Waals surface area contributed by atoms with E-state index in [1.807, 2.05) is 37.3 Å². The van der Waals surface area contributed by atoms with Gasteiger partial charge in [0.25, 0.3) is 5.56 Å². The van der Waals surface area contributed by atoms with Crippen LogP contribution in [0.25, 0.3) is 6.08 Å². The van der Waals surface area contributed by atoms with E-state index in [0.29, 0.717) is 31.9 Å². The number of benzene rings is 2. The number of nitrogens with zero attached hydrogens (tertiary/aromatic N) is 3. The number of halogens is 1. The van der Waals surface area contributed by atoms with E-state index in [4.69, 9.17) is 31.1 Å². The van der Waals surface area contributed by atoms with Gasteiger partial charge < -0.3 is 14.2 Å². The van der Waals surface area contributed by atoms with Gasteiger partial charge in [-0.2, -0.15) is 5.26 Å². The Morgan fingerprint density at radius 1 is 1.27 bits per heavy atom. The number of aromatic nitrogens is 1. The number of rotatable bonds is 7. The number of fused-ring (bicyclic) bond motifs is 1. The Labute approximate surface area is 222 Å². The minimum absolute atomic E-state index is 0.185. The van der Waals surface area contributed by atoms with E-state index >= 15 is 0 Å². The van der Waals surface area contributed by atoms with Crippen molar-refractivity contribution in [3.05, 3.63) is 89.1 Å². The Morgan fingerprint density at radius 2 is 2.00 bits per heavy atom. The maximum absolute atomic E-state index is 13.7. The molecule has 1 aliphatic rings. The van der Waals surface area contributed by atoms with E-state index in [2.05, 4.69) is 4.99 Å². The lowest BCUT2D eigenvalue weighted by molar-refractivity contribution is -0.139. The van der Waals surface area contributed by atoms with Crippen molar-refractivity contribution in [1.82, 2.24) is 4.57 Å². The second-order valence-electron chi connectivity index (χ2n) is 8.19. The third kappa shape index (κ3) is 5.17. The van der Waals surface area contributed by atoms with Gasteiger partial charge in [0.2, 0.25) is 0 Å². The van der Waals surface area contributed by atoms with Gasteiger partial charge in [0.1, 0.15) is 6.07 Å². The molecule has 1 aromatic heterocycles. The number of carbonyl (C=O) groups excluding carboxylic acids is 1. The minimum Gasteiger partial charge on any atom is -0.493 e. The highest BCUT2D eigenvalue weighted by atomic mass is 35.5.